The summed E-state index contributed by atoms with van der Waals surface area (Å²) in [5.74, 6) is -1.37. The fourth-order valence-electron chi connectivity index (χ4n) is 6.36. The van der Waals surface area contributed by atoms with E-state index in [0.717, 1.165) is 36.2 Å². The van der Waals surface area contributed by atoms with Crippen molar-refractivity contribution >= 4 is 11.7 Å². The molecule has 3 aromatic rings. The van der Waals surface area contributed by atoms with E-state index in [1.54, 1.807) is 0 Å². The van der Waals surface area contributed by atoms with Crippen LogP contribution in [-0.4, -0.2) is 21.5 Å². The van der Waals surface area contributed by atoms with Crippen LogP contribution in [0.1, 0.15) is 36.6 Å². The molecule has 0 radical (unpaired) electrons. The van der Waals surface area contributed by atoms with Crippen LogP contribution in [0.3, 0.4) is 0 Å². The van der Waals surface area contributed by atoms with Crippen molar-refractivity contribution in [3.05, 3.63) is 77.5 Å². The first-order valence-corrected chi connectivity index (χ1v) is 11.4. The maximum absolute atomic E-state index is 13.1. The number of nitrogens with two attached hydrogens (primary N) is 1. The average molecular weight is 428 g/mol. The quantitative estimate of drug-likeness (QED) is 0.643. The fraction of sp³-hybridized carbons (Fsp3) is 0.370. The molecule has 4 atom stereocenters. The summed E-state index contributed by atoms with van der Waals surface area (Å²) in [4.78, 5) is 25.5. The Morgan fingerprint density at radius 2 is 1.78 bits per heavy atom. The topological polar surface area (TPSA) is 78.0 Å². The number of amides is 1. The monoisotopic (exact) mass is 427 g/mol. The number of benzene rings is 2. The zero-order valence-electron chi connectivity index (χ0n) is 18.6. The number of carbonyl (C=O) groups excluding carboxylic acids is 2. The highest BCUT2D eigenvalue weighted by atomic mass is 16.2. The third-order valence-electron chi connectivity index (χ3n) is 7.75. The minimum absolute atomic E-state index is 0.00569. The third-order valence-corrected chi connectivity index (χ3v) is 7.75. The highest BCUT2D eigenvalue weighted by molar-refractivity contribution is 6.02. The number of hydrogen-bond acceptors (Lipinski definition) is 3. The van der Waals surface area contributed by atoms with Gasteiger partial charge in [-0.1, -0.05) is 67.6 Å². The summed E-state index contributed by atoms with van der Waals surface area (Å²) in [6.07, 6.45) is 2.97. The van der Waals surface area contributed by atoms with Gasteiger partial charge in [-0.05, 0) is 37.2 Å². The molecule has 1 fully saturated rings. The van der Waals surface area contributed by atoms with Gasteiger partial charge in [-0.2, -0.15) is 5.10 Å². The highest BCUT2D eigenvalue weighted by Gasteiger charge is 2.57. The summed E-state index contributed by atoms with van der Waals surface area (Å²) in [7, 11) is 1.99. The van der Waals surface area contributed by atoms with Gasteiger partial charge in [0.1, 0.15) is 5.78 Å². The first-order valence-electron chi connectivity index (χ1n) is 11.4. The number of hydrogen-bond donors (Lipinski definition) is 1. The summed E-state index contributed by atoms with van der Waals surface area (Å²) in [5.41, 5.74) is 11.1. The molecule has 0 bridgehead atoms. The van der Waals surface area contributed by atoms with E-state index in [9.17, 15) is 9.59 Å². The summed E-state index contributed by atoms with van der Waals surface area (Å²) >= 11 is 0. The van der Waals surface area contributed by atoms with Gasteiger partial charge < -0.3 is 5.73 Å². The van der Waals surface area contributed by atoms with Crippen molar-refractivity contribution in [1.29, 1.82) is 0 Å². The van der Waals surface area contributed by atoms with Gasteiger partial charge in [0, 0.05) is 29.5 Å². The molecule has 0 spiro atoms. The molecule has 0 saturated heterocycles. The molecule has 2 aromatic carbocycles. The van der Waals surface area contributed by atoms with Crippen LogP contribution < -0.4 is 5.73 Å². The largest absolute Gasteiger partial charge is 0.369 e. The lowest BCUT2D eigenvalue weighted by molar-refractivity contribution is -0.142. The van der Waals surface area contributed by atoms with Crippen LogP contribution >= 0.6 is 0 Å². The van der Waals surface area contributed by atoms with Crippen LogP contribution in [0.5, 0.6) is 0 Å². The smallest absolute Gasteiger partial charge is 0.228 e. The van der Waals surface area contributed by atoms with Crippen LogP contribution in [0, 0.1) is 17.8 Å². The lowest BCUT2D eigenvalue weighted by atomic mass is 9.51. The third kappa shape index (κ3) is 3.10. The second kappa shape index (κ2) is 7.73. The molecular formula is C27H29N3O2. The van der Waals surface area contributed by atoms with Gasteiger partial charge in [0.05, 0.1) is 17.3 Å². The van der Waals surface area contributed by atoms with E-state index in [-0.39, 0.29) is 17.6 Å². The maximum atomic E-state index is 13.1. The summed E-state index contributed by atoms with van der Waals surface area (Å²) in [6.45, 7) is 1.98. The molecule has 1 heterocycles. The van der Waals surface area contributed by atoms with Gasteiger partial charge in [0.25, 0.3) is 0 Å². The number of primary amides is 1. The van der Waals surface area contributed by atoms with E-state index in [0.29, 0.717) is 6.42 Å². The Balaban J connectivity index is 1.72. The number of carbonyl (C=O) groups is 2. The van der Waals surface area contributed by atoms with Gasteiger partial charge in [0.2, 0.25) is 5.91 Å². The fourth-order valence-corrected chi connectivity index (χ4v) is 6.36. The Kier molecular flexibility index (Phi) is 5.00. The van der Waals surface area contributed by atoms with Crippen molar-refractivity contribution in [3.63, 3.8) is 0 Å². The van der Waals surface area contributed by atoms with E-state index in [2.05, 4.69) is 24.3 Å². The summed E-state index contributed by atoms with van der Waals surface area (Å²) < 4.78 is 1.98. The molecule has 5 nitrogen and oxygen atoms in total. The molecule has 5 rings (SSSR count). The van der Waals surface area contributed by atoms with Crippen molar-refractivity contribution in [2.45, 2.75) is 38.0 Å². The van der Waals surface area contributed by atoms with Crippen LogP contribution in [0.15, 0.2) is 60.7 Å². The second-order valence-corrected chi connectivity index (χ2v) is 9.48. The van der Waals surface area contributed by atoms with E-state index in [4.69, 9.17) is 10.8 Å². The lowest BCUT2D eigenvalue weighted by Gasteiger charge is -2.51. The van der Waals surface area contributed by atoms with E-state index >= 15 is 0 Å². The molecule has 1 aromatic heterocycles. The normalized spacial score (nSPS) is 26.9. The van der Waals surface area contributed by atoms with Crippen molar-refractivity contribution in [3.8, 4) is 11.3 Å². The zero-order chi connectivity index (χ0) is 22.5. The molecule has 5 heteroatoms. The van der Waals surface area contributed by atoms with Gasteiger partial charge >= 0.3 is 0 Å². The minimum Gasteiger partial charge on any atom is -0.369 e. The first kappa shape index (κ1) is 20.7. The molecule has 1 amide bonds. The molecule has 164 valence electrons. The molecule has 32 heavy (non-hydrogen) atoms. The Hall–Kier alpha value is -3.21. The number of aryl methyl sites for hydroxylation is 1. The first-order chi connectivity index (χ1) is 15.4. The van der Waals surface area contributed by atoms with Crippen molar-refractivity contribution in [2.24, 2.45) is 30.5 Å². The van der Waals surface area contributed by atoms with Crippen LogP contribution in [0.2, 0.25) is 0 Å². The Labute approximate surface area is 188 Å². The van der Waals surface area contributed by atoms with E-state index < -0.39 is 17.2 Å². The number of nitrogens with zero attached hydrogens (tertiary/aromatic N) is 2. The van der Waals surface area contributed by atoms with Crippen LogP contribution in [-0.2, 0) is 34.9 Å². The van der Waals surface area contributed by atoms with Gasteiger partial charge in [-0.15, -0.1) is 0 Å². The highest BCUT2D eigenvalue weighted by Crippen LogP contribution is 2.55. The standard InChI is InChI=1S/C27H29N3O2/c1-17-22-14-13-20-23(19-11-7-4-8-12-19)30(2)29-25(20)27(22,15-18-9-5-3-6-10-18)16-21(24(17)31)26(28)32/h3-12,17,21-22H,13-16H2,1-2H3,(H2,28,32)/t17-,21?,22-,27?/m0/s1. The number of Topliss-reactive ketones (excluding diaryl/α,β-unsaturated/α-hetero) is 1. The number of fused-ring (bicyclic) bond motifs is 3. The number of ketones is 1. The molecular weight excluding hydrogens is 398 g/mol. The molecule has 2 N–H and O–H groups in total. The second-order valence-electron chi connectivity index (χ2n) is 9.48. The van der Waals surface area contributed by atoms with Gasteiger partial charge in [-0.3, -0.25) is 14.3 Å². The maximum Gasteiger partial charge on any atom is 0.228 e. The molecule has 0 aliphatic heterocycles. The minimum atomic E-state index is -0.766. The zero-order valence-corrected chi connectivity index (χ0v) is 18.6. The number of rotatable bonds is 4. The Morgan fingerprint density at radius 3 is 2.44 bits per heavy atom. The summed E-state index contributed by atoms with van der Waals surface area (Å²) in [6, 6.07) is 20.7. The van der Waals surface area contributed by atoms with E-state index in [1.807, 2.05) is 55.1 Å². The van der Waals surface area contributed by atoms with Crippen LogP contribution in [0.4, 0.5) is 0 Å². The lowest BCUT2D eigenvalue weighted by Crippen LogP contribution is -2.55. The van der Waals surface area contributed by atoms with Crippen LogP contribution in [0.25, 0.3) is 11.3 Å². The molecule has 2 unspecified atom stereocenters. The van der Waals surface area contributed by atoms with Gasteiger partial charge in [0.15, 0.2) is 0 Å². The molecule has 1 saturated carbocycles. The van der Waals surface area contributed by atoms with Crippen molar-refractivity contribution in [2.75, 3.05) is 0 Å². The van der Waals surface area contributed by atoms with E-state index in [1.165, 1.54) is 11.1 Å². The predicted molar refractivity (Wildman–Crippen MR) is 124 cm³/mol. The molecule has 2 aliphatic carbocycles. The Bertz CT molecular complexity index is 1170. The SMILES string of the molecule is C[C@@H]1C(=O)C(C(N)=O)CC2(Cc3ccccc3)c3nn(C)c(-c4ccccc4)c3CC[C@@H]12. The predicted octanol–water partition coefficient (Wildman–Crippen LogP) is 3.84. The average Bonchev–Trinajstić information content (AvgIpc) is 3.14. The Morgan fingerprint density at radius 1 is 1.12 bits per heavy atom. The summed E-state index contributed by atoms with van der Waals surface area (Å²) in [5, 5.41) is 5.09. The molecule has 2 aliphatic rings. The van der Waals surface area contributed by atoms with Crippen molar-refractivity contribution < 1.29 is 9.59 Å². The van der Waals surface area contributed by atoms with Gasteiger partial charge in [-0.25, -0.2) is 0 Å². The number of aromatic nitrogens is 2. The van der Waals surface area contributed by atoms with Crippen molar-refractivity contribution in [1.82, 2.24) is 9.78 Å².